The molecule has 4 nitrogen and oxygen atoms in total. The van der Waals surface area contributed by atoms with E-state index in [1.165, 1.54) is 19.3 Å². The van der Waals surface area contributed by atoms with Crippen molar-refractivity contribution < 1.29 is 0 Å². The number of aryl methyl sites for hydroxylation is 1. The van der Waals surface area contributed by atoms with Crippen molar-refractivity contribution in [3.05, 3.63) is 22.1 Å². The molecule has 4 heteroatoms. The van der Waals surface area contributed by atoms with Gasteiger partial charge in [0.05, 0.1) is 0 Å². The molecule has 0 bridgehead atoms. The van der Waals surface area contributed by atoms with Crippen LogP contribution >= 0.6 is 0 Å². The number of H-pyrrole nitrogens is 1. The van der Waals surface area contributed by atoms with Crippen LogP contribution in [0.4, 0.5) is 0 Å². The van der Waals surface area contributed by atoms with Crippen LogP contribution in [0.1, 0.15) is 37.3 Å². The largest absolute Gasteiger partial charge is 0.316 e. The van der Waals surface area contributed by atoms with Crippen LogP contribution in [0.25, 0.3) is 0 Å². The zero-order chi connectivity index (χ0) is 11.0. The standard InChI is InChI=1S/C12H19N3O/c16-12-7-11(10-1-2-10)14-15(12)6-4-9-3-5-13-8-9/h7,9-10,13-14H,1-6,8H2. The van der Waals surface area contributed by atoms with Crippen LogP contribution in [0.15, 0.2) is 10.9 Å². The number of nitrogens with zero attached hydrogens (tertiary/aromatic N) is 1. The molecule has 2 fully saturated rings. The monoisotopic (exact) mass is 221 g/mol. The maximum absolute atomic E-state index is 11.7. The maximum atomic E-state index is 11.7. The third kappa shape index (κ3) is 2.07. The van der Waals surface area contributed by atoms with Crippen molar-refractivity contribution in [2.24, 2.45) is 5.92 Å². The van der Waals surface area contributed by atoms with Gasteiger partial charge in [-0.05, 0) is 44.7 Å². The van der Waals surface area contributed by atoms with Crippen molar-refractivity contribution in [1.82, 2.24) is 15.1 Å². The summed E-state index contributed by atoms with van der Waals surface area (Å²) in [5, 5.41) is 6.61. The van der Waals surface area contributed by atoms with E-state index in [2.05, 4.69) is 10.4 Å². The molecule has 1 aliphatic heterocycles. The lowest BCUT2D eigenvalue weighted by Gasteiger charge is -2.07. The van der Waals surface area contributed by atoms with E-state index in [1.807, 2.05) is 0 Å². The SMILES string of the molecule is O=c1cc(C2CC2)[nH]n1CCC1CCNC1. The summed E-state index contributed by atoms with van der Waals surface area (Å²) in [7, 11) is 0. The fourth-order valence-electron chi connectivity index (χ4n) is 2.50. The average Bonchev–Trinajstić information content (AvgIpc) is 2.86. The molecule has 0 radical (unpaired) electrons. The summed E-state index contributed by atoms with van der Waals surface area (Å²) in [6.45, 7) is 3.10. The van der Waals surface area contributed by atoms with Crippen molar-refractivity contribution >= 4 is 0 Å². The van der Waals surface area contributed by atoms with E-state index < -0.39 is 0 Å². The molecular weight excluding hydrogens is 202 g/mol. The Hall–Kier alpha value is -1.03. The quantitative estimate of drug-likeness (QED) is 0.798. The van der Waals surface area contributed by atoms with Crippen molar-refractivity contribution in [2.45, 2.75) is 38.1 Å². The number of aromatic amines is 1. The highest BCUT2D eigenvalue weighted by Gasteiger charge is 2.26. The van der Waals surface area contributed by atoms with E-state index in [0.717, 1.165) is 37.7 Å². The van der Waals surface area contributed by atoms with E-state index >= 15 is 0 Å². The summed E-state index contributed by atoms with van der Waals surface area (Å²) in [5.41, 5.74) is 1.29. The molecule has 1 atom stereocenters. The van der Waals surface area contributed by atoms with E-state index in [-0.39, 0.29) is 5.56 Å². The molecular formula is C12H19N3O. The maximum Gasteiger partial charge on any atom is 0.266 e. The van der Waals surface area contributed by atoms with Crippen LogP contribution < -0.4 is 10.9 Å². The van der Waals surface area contributed by atoms with Gasteiger partial charge in [0, 0.05) is 24.2 Å². The van der Waals surface area contributed by atoms with Gasteiger partial charge in [-0.25, -0.2) is 0 Å². The Kier molecular flexibility index (Phi) is 2.59. The Labute approximate surface area is 95.0 Å². The fraction of sp³-hybridized carbons (Fsp3) is 0.750. The number of hydrogen-bond donors (Lipinski definition) is 2. The highest BCUT2D eigenvalue weighted by atomic mass is 16.1. The second-order valence-corrected chi connectivity index (χ2v) is 5.12. The van der Waals surface area contributed by atoms with Gasteiger partial charge in [-0.15, -0.1) is 0 Å². The second-order valence-electron chi connectivity index (χ2n) is 5.12. The van der Waals surface area contributed by atoms with Gasteiger partial charge in [-0.2, -0.15) is 0 Å². The topological polar surface area (TPSA) is 49.8 Å². The van der Waals surface area contributed by atoms with E-state index in [4.69, 9.17) is 0 Å². The van der Waals surface area contributed by atoms with Crippen LogP contribution in [0.2, 0.25) is 0 Å². The Morgan fingerprint density at radius 3 is 2.94 bits per heavy atom. The molecule has 1 unspecified atom stereocenters. The summed E-state index contributed by atoms with van der Waals surface area (Å²) < 4.78 is 1.78. The molecule has 0 amide bonds. The Bertz CT molecular complexity index is 410. The predicted octanol–water partition coefficient (Wildman–Crippen LogP) is 1.05. The van der Waals surface area contributed by atoms with Gasteiger partial charge in [0.15, 0.2) is 0 Å². The van der Waals surface area contributed by atoms with Crippen molar-refractivity contribution in [3.8, 4) is 0 Å². The van der Waals surface area contributed by atoms with Crippen LogP contribution in [0.5, 0.6) is 0 Å². The Balaban J connectivity index is 1.62. The molecule has 1 aromatic rings. The van der Waals surface area contributed by atoms with Gasteiger partial charge in [-0.1, -0.05) is 0 Å². The molecule has 2 heterocycles. The van der Waals surface area contributed by atoms with Gasteiger partial charge >= 0.3 is 0 Å². The molecule has 16 heavy (non-hydrogen) atoms. The zero-order valence-electron chi connectivity index (χ0n) is 9.54. The third-order valence-electron chi connectivity index (χ3n) is 3.75. The first-order valence-corrected chi connectivity index (χ1v) is 6.33. The molecule has 1 saturated heterocycles. The van der Waals surface area contributed by atoms with Gasteiger partial charge in [0.2, 0.25) is 0 Å². The molecule has 88 valence electrons. The van der Waals surface area contributed by atoms with E-state index in [0.29, 0.717) is 5.92 Å². The second kappa shape index (κ2) is 4.09. The Morgan fingerprint density at radius 1 is 1.38 bits per heavy atom. The van der Waals surface area contributed by atoms with Crippen molar-refractivity contribution in [2.75, 3.05) is 13.1 Å². The lowest BCUT2D eigenvalue weighted by Crippen LogP contribution is -2.18. The molecule has 1 saturated carbocycles. The van der Waals surface area contributed by atoms with Crippen LogP contribution in [-0.2, 0) is 6.54 Å². The molecule has 1 aromatic heterocycles. The number of aromatic nitrogens is 2. The van der Waals surface area contributed by atoms with Crippen LogP contribution in [0, 0.1) is 5.92 Å². The van der Waals surface area contributed by atoms with E-state index in [1.54, 1.807) is 10.7 Å². The lowest BCUT2D eigenvalue weighted by atomic mass is 10.1. The van der Waals surface area contributed by atoms with Crippen LogP contribution in [0.3, 0.4) is 0 Å². The normalized spacial score (nSPS) is 25.1. The highest BCUT2D eigenvalue weighted by molar-refractivity contribution is 5.12. The minimum Gasteiger partial charge on any atom is -0.316 e. The van der Waals surface area contributed by atoms with Gasteiger partial charge in [-0.3, -0.25) is 14.6 Å². The summed E-state index contributed by atoms with van der Waals surface area (Å²) in [4.78, 5) is 11.7. The number of rotatable bonds is 4. The molecule has 0 aromatic carbocycles. The third-order valence-corrected chi connectivity index (χ3v) is 3.75. The highest BCUT2D eigenvalue weighted by Crippen LogP contribution is 2.38. The summed E-state index contributed by atoms with van der Waals surface area (Å²) >= 11 is 0. The molecule has 0 spiro atoms. The molecule has 1 aliphatic carbocycles. The zero-order valence-corrected chi connectivity index (χ0v) is 9.54. The first kappa shape index (κ1) is 10.1. The van der Waals surface area contributed by atoms with Crippen molar-refractivity contribution in [1.29, 1.82) is 0 Å². The smallest absolute Gasteiger partial charge is 0.266 e. The molecule has 3 rings (SSSR count). The van der Waals surface area contributed by atoms with E-state index in [9.17, 15) is 4.79 Å². The summed E-state index contributed by atoms with van der Waals surface area (Å²) in [6.07, 6.45) is 4.85. The number of nitrogens with one attached hydrogen (secondary N) is 2. The minimum atomic E-state index is 0.146. The first-order valence-electron chi connectivity index (χ1n) is 6.33. The average molecular weight is 221 g/mol. The fourth-order valence-corrected chi connectivity index (χ4v) is 2.50. The summed E-state index contributed by atoms with van der Waals surface area (Å²) in [5.74, 6) is 1.39. The van der Waals surface area contributed by atoms with Crippen LogP contribution in [-0.4, -0.2) is 22.9 Å². The van der Waals surface area contributed by atoms with Crippen molar-refractivity contribution in [3.63, 3.8) is 0 Å². The van der Waals surface area contributed by atoms with Gasteiger partial charge < -0.3 is 5.32 Å². The van der Waals surface area contributed by atoms with Gasteiger partial charge in [0.25, 0.3) is 5.56 Å². The lowest BCUT2D eigenvalue weighted by molar-refractivity contribution is 0.450. The Morgan fingerprint density at radius 2 is 2.25 bits per heavy atom. The van der Waals surface area contributed by atoms with Gasteiger partial charge in [0.1, 0.15) is 0 Å². The molecule has 2 aliphatic rings. The first-order chi connectivity index (χ1) is 7.83. The minimum absolute atomic E-state index is 0.146. The predicted molar refractivity (Wildman–Crippen MR) is 62.6 cm³/mol. The number of hydrogen-bond acceptors (Lipinski definition) is 2. The summed E-state index contributed by atoms with van der Waals surface area (Å²) in [6, 6.07) is 1.78. The molecule has 2 N–H and O–H groups in total.